The van der Waals surface area contributed by atoms with E-state index in [1.54, 1.807) is 0 Å². The molecule has 2 atom stereocenters. The molecule has 3 aromatic rings. The normalized spacial score (nSPS) is 22.0. The Labute approximate surface area is 178 Å². The standard InChI is InChI=1S/C25H28N2OS/c1-2-17-6-3-4-8-21(17)25(29)26-19-9-10-24-22(15-19)23(16-28-24)18-11-13-27-12-5-7-20(27)14-18/h3-4,6,8-10,15-16,18,20H,2,5,7,11-14H2,1H3,(H,26,29). The first-order valence-corrected chi connectivity index (χ1v) is 11.3. The van der Waals surface area contributed by atoms with Gasteiger partial charge in [0.1, 0.15) is 10.6 Å². The van der Waals surface area contributed by atoms with Crippen molar-refractivity contribution in [2.24, 2.45) is 0 Å². The first-order valence-electron chi connectivity index (χ1n) is 10.9. The fourth-order valence-corrected chi connectivity index (χ4v) is 5.52. The smallest absolute Gasteiger partial charge is 0.134 e. The van der Waals surface area contributed by atoms with E-state index in [9.17, 15) is 0 Å². The van der Waals surface area contributed by atoms with Gasteiger partial charge in [0.25, 0.3) is 0 Å². The lowest BCUT2D eigenvalue weighted by atomic mass is 9.85. The Morgan fingerprint density at radius 1 is 1.17 bits per heavy atom. The predicted octanol–water partition coefficient (Wildman–Crippen LogP) is 6.12. The molecule has 2 fully saturated rings. The van der Waals surface area contributed by atoms with Gasteiger partial charge in [-0.05, 0) is 74.9 Å². The summed E-state index contributed by atoms with van der Waals surface area (Å²) in [5.74, 6) is 0.596. The summed E-state index contributed by atoms with van der Waals surface area (Å²) in [6.45, 7) is 4.67. The van der Waals surface area contributed by atoms with Crippen LogP contribution in [0.2, 0.25) is 0 Å². The molecular formula is C25H28N2OS. The van der Waals surface area contributed by atoms with Crippen LogP contribution < -0.4 is 5.32 Å². The van der Waals surface area contributed by atoms with E-state index in [4.69, 9.17) is 16.6 Å². The van der Waals surface area contributed by atoms with Crippen molar-refractivity contribution in [3.63, 3.8) is 0 Å². The number of rotatable bonds is 4. The number of thiocarbonyl (C=S) groups is 1. The van der Waals surface area contributed by atoms with Gasteiger partial charge >= 0.3 is 0 Å². The first-order chi connectivity index (χ1) is 14.2. The van der Waals surface area contributed by atoms with Gasteiger partial charge < -0.3 is 14.6 Å². The molecule has 4 heteroatoms. The van der Waals surface area contributed by atoms with Crippen molar-refractivity contribution in [3.05, 3.63) is 65.4 Å². The van der Waals surface area contributed by atoms with Crippen LogP contribution >= 0.6 is 12.2 Å². The molecule has 29 heavy (non-hydrogen) atoms. The quantitative estimate of drug-likeness (QED) is 0.530. The highest BCUT2D eigenvalue weighted by atomic mass is 32.1. The van der Waals surface area contributed by atoms with Crippen LogP contribution in [0.25, 0.3) is 11.0 Å². The molecule has 2 aliphatic heterocycles. The molecule has 2 aromatic carbocycles. The summed E-state index contributed by atoms with van der Waals surface area (Å²) in [4.78, 5) is 3.46. The molecule has 5 rings (SSSR count). The molecule has 3 nitrogen and oxygen atoms in total. The van der Waals surface area contributed by atoms with Gasteiger partial charge in [-0.25, -0.2) is 0 Å². The van der Waals surface area contributed by atoms with Crippen LogP contribution in [0, 0.1) is 0 Å². The minimum atomic E-state index is 0.596. The number of benzene rings is 2. The van der Waals surface area contributed by atoms with E-state index in [1.807, 2.05) is 6.26 Å². The molecule has 1 N–H and O–H groups in total. The fraction of sp³-hybridized carbons (Fsp3) is 0.400. The summed E-state index contributed by atoms with van der Waals surface area (Å²) >= 11 is 5.73. The Balaban J connectivity index is 1.40. The van der Waals surface area contributed by atoms with Crippen molar-refractivity contribution in [2.75, 3.05) is 18.4 Å². The average Bonchev–Trinajstić information content (AvgIpc) is 3.39. The molecule has 3 heterocycles. The number of nitrogens with zero attached hydrogens (tertiary/aromatic N) is 1. The maximum Gasteiger partial charge on any atom is 0.134 e. The van der Waals surface area contributed by atoms with Crippen molar-refractivity contribution in [2.45, 2.75) is 51.0 Å². The van der Waals surface area contributed by atoms with Crippen LogP contribution in [0.5, 0.6) is 0 Å². The monoisotopic (exact) mass is 404 g/mol. The molecule has 2 aliphatic rings. The highest BCUT2D eigenvalue weighted by Gasteiger charge is 2.33. The number of hydrogen-bond acceptors (Lipinski definition) is 3. The van der Waals surface area contributed by atoms with Gasteiger partial charge in [-0.1, -0.05) is 43.4 Å². The van der Waals surface area contributed by atoms with Crippen molar-refractivity contribution in [3.8, 4) is 0 Å². The molecule has 0 bridgehead atoms. The SMILES string of the molecule is CCc1ccccc1C(=S)Nc1ccc2occ(C3CCN4CCCC4C3)c2c1. The third kappa shape index (κ3) is 3.60. The van der Waals surface area contributed by atoms with Crippen LogP contribution in [0.4, 0.5) is 5.69 Å². The van der Waals surface area contributed by atoms with E-state index in [0.29, 0.717) is 5.92 Å². The Morgan fingerprint density at radius 3 is 2.97 bits per heavy atom. The molecule has 150 valence electrons. The number of nitrogens with one attached hydrogen (secondary N) is 1. The average molecular weight is 405 g/mol. The van der Waals surface area contributed by atoms with Gasteiger partial charge in [0.15, 0.2) is 0 Å². The summed E-state index contributed by atoms with van der Waals surface area (Å²) in [6, 6.07) is 15.5. The molecule has 0 saturated carbocycles. The van der Waals surface area contributed by atoms with Gasteiger partial charge in [-0.15, -0.1) is 0 Å². The molecule has 0 radical (unpaired) electrons. The van der Waals surface area contributed by atoms with Crippen LogP contribution in [0.1, 0.15) is 55.2 Å². The minimum absolute atomic E-state index is 0.596. The van der Waals surface area contributed by atoms with Gasteiger partial charge in [0.2, 0.25) is 0 Å². The van der Waals surface area contributed by atoms with Gasteiger partial charge in [0, 0.05) is 28.2 Å². The summed E-state index contributed by atoms with van der Waals surface area (Å²) in [5, 5.41) is 4.70. The Bertz CT molecular complexity index is 1040. The second-order valence-corrected chi connectivity index (χ2v) is 8.83. The topological polar surface area (TPSA) is 28.4 Å². The lowest BCUT2D eigenvalue weighted by molar-refractivity contribution is 0.181. The largest absolute Gasteiger partial charge is 0.464 e. The number of piperidine rings is 1. The Morgan fingerprint density at radius 2 is 2.07 bits per heavy atom. The van der Waals surface area contributed by atoms with Gasteiger partial charge in [-0.2, -0.15) is 0 Å². The van der Waals surface area contributed by atoms with Crippen LogP contribution in [0.3, 0.4) is 0 Å². The molecule has 2 unspecified atom stereocenters. The molecule has 0 aliphatic carbocycles. The van der Waals surface area contributed by atoms with Crippen molar-refractivity contribution in [1.29, 1.82) is 0 Å². The summed E-state index contributed by atoms with van der Waals surface area (Å²) < 4.78 is 5.92. The molecular weight excluding hydrogens is 376 g/mol. The van der Waals surface area contributed by atoms with E-state index >= 15 is 0 Å². The zero-order valence-corrected chi connectivity index (χ0v) is 17.8. The number of hydrogen-bond donors (Lipinski definition) is 1. The van der Waals surface area contributed by atoms with Gasteiger partial charge in [-0.3, -0.25) is 0 Å². The van der Waals surface area contributed by atoms with Crippen molar-refractivity contribution in [1.82, 2.24) is 4.90 Å². The van der Waals surface area contributed by atoms with Crippen LogP contribution in [-0.4, -0.2) is 29.0 Å². The number of fused-ring (bicyclic) bond motifs is 2. The van der Waals surface area contributed by atoms with Crippen molar-refractivity contribution < 1.29 is 4.42 Å². The zero-order chi connectivity index (χ0) is 19.8. The highest BCUT2D eigenvalue weighted by molar-refractivity contribution is 7.81. The van der Waals surface area contributed by atoms with Crippen LogP contribution in [0.15, 0.2) is 53.1 Å². The number of aryl methyl sites for hydroxylation is 1. The van der Waals surface area contributed by atoms with Crippen molar-refractivity contribution >= 4 is 33.9 Å². The predicted molar refractivity (Wildman–Crippen MR) is 124 cm³/mol. The molecule has 0 amide bonds. The molecule has 2 saturated heterocycles. The van der Waals surface area contributed by atoms with E-state index < -0.39 is 0 Å². The fourth-order valence-electron chi connectivity index (χ4n) is 5.20. The number of furan rings is 1. The maximum atomic E-state index is 5.92. The van der Waals surface area contributed by atoms with Crippen LogP contribution in [-0.2, 0) is 6.42 Å². The lowest BCUT2D eigenvalue weighted by Gasteiger charge is -2.34. The number of anilines is 1. The Kier molecular flexibility index (Phi) is 5.15. The highest BCUT2D eigenvalue weighted by Crippen LogP contribution is 2.40. The van der Waals surface area contributed by atoms with E-state index in [2.05, 4.69) is 59.6 Å². The lowest BCUT2D eigenvalue weighted by Crippen LogP contribution is -2.37. The second kappa shape index (κ2) is 7.92. The van der Waals surface area contributed by atoms with E-state index in [-0.39, 0.29) is 0 Å². The second-order valence-electron chi connectivity index (χ2n) is 8.42. The molecule has 0 spiro atoms. The first kappa shape index (κ1) is 18.8. The third-order valence-corrected chi connectivity index (χ3v) is 7.09. The Hall–Kier alpha value is -2.17. The zero-order valence-electron chi connectivity index (χ0n) is 17.0. The van der Waals surface area contributed by atoms with E-state index in [0.717, 1.165) is 34.3 Å². The summed E-state index contributed by atoms with van der Waals surface area (Å²) in [6.07, 6.45) is 8.16. The van der Waals surface area contributed by atoms with E-state index in [1.165, 1.54) is 55.3 Å². The van der Waals surface area contributed by atoms with Gasteiger partial charge in [0.05, 0.1) is 6.26 Å². The third-order valence-electron chi connectivity index (χ3n) is 6.76. The molecule has 1 aromatic heterocycles. The summed E-state index contributed by atoms with van der Waals surface area (Å²) in [7, 11) is 0. The maximum absolute atomic E-state index is 5.92. The summed E-state index contributed by atoms with van der Waals surface area (Å²) in [5.41, 5.74) is 5.77. The minimum Gasteiger partial charge on any atom is -0.464 e.